The van der Waals surface area contributed by atoms with Crippen molar-refractivity contribution in [1.82, 2.24) is 15.0 Å². The number of aromatic nitrogens is 3. The maximum atomic E-state index is 13.9. The van der Waals surface area contributed by atoms with Crippen LogP contribution in [0.15, 0.2) is 41.8 Å². The molecule has 35 heavy (non-hydrogen) atoms. The number of para-hydroxylation sites is 1. The van der Waals surface area contributed by atoms with E-state index in [-0.39, 0.29) is 29.4 Å². The summed E-state index contributed by atoms with van der Waals surface area (Å²) in [5.41, 5.74) is 2.06. The Morgan fingerprint density at radius 2 is 1.94 bits per heavy atom. The van der Waals surface area contributed by atoms with E-state index in [9.17, 15) is 18.3 Å². The van der Waals surface area contributed by atoms with Crippen LogP contribution in [0.4, 0.5) is 24.9 Å². The number of halogens is 3. The fourth-order valence-electron chi connectivity index (χ4n) is 4.44. The zero-order valence-corrected chi connectivity index (χ0v) is 20.5. The van der Waals surface area contributed by atoms with Crippen molar-refractivity contribution in [3.05, 3.63) is 52.3 Å². The van der Waals surface area contributed by atoms with Crippen LogP contribution in [0.5, 0.6) is 0 Å². The highest BCUT2D eigenvalue weighted by Crippen LogP contribution is 2.40. The number of thiophene rings is 1. The number of nitrogens with one attached hydrogen (secondary N) is 2. The van der Waals surface area contributed by atoms with Crippen LogP contribution in [0, 0.1) is 12.8 Å². The summed E-state index contributed by atoms with van der Waals surface area (Å²) < 4.78 is 42.7. The molecule has 3 aromatic heterocycles. The Bertz CT molecular complexity index is 1280. The van der Waals surface area contributed by atoms with E-state index in [4.69, 9.17) is 4.98 Å². The lowest BCUT2D eigenvalue weighted by molar-refractivity contribution is -0.143. The highest BCUT2D eigenvalue weighted by Gasteiger charge is 2.42. The molecule has 1 aliphatic rings. The van der Waals surface area contributed by atoms with Gasteiger partial charge in [-0.15, -0.1) is 22.7 Å². The van der Waals surface area contributed by atoms with E-state index < -0.39 is 12.2 Å². The molecule has 1 fully saturated rings. The zero-order chi connectivity index (χ0) is 24.6. The molecule has 184 valence electrons. The topological polar surface area (TPSA) is 83.0 Å². The molecule has 11 heteroatoms. The number of rotatable bonds is 7. The minimum atomic E-state index is -4.51. The highest BCUT2D eigenvalue weighted by molar-refractivity contribution is 7.21. The first-order chi connectivity index (χ1) is 16.8. The molecule has 1 aromatic carbocycles. The summed E-state index contributed by atoms with van der Waals surface area (Å²) in [6.45, 7) is 1.88. The van der Waals surface area contributed by atoms with E-state index in [0.29, 0.717) is 22.1 Å². The van der Waals surface area contributed by atoms with Crippen molar-refractivity contribution in [3.8, 4) is 10.6 Å². The van der Waals surface area contributed by atoms with Crippen LogP contribution < -0.4 is 10.6 Å². The van der Waals surface area contributed by atoms with Gasteiger partial charge in [-0.2, -0.15) is 18.2 Å². The van der Waals surface area contributed by atoms with Gasteiger partial charge in [-0.05, 0) is 55.7 Å². The van der Waals surface area contributed by atoms with Crippen LogP contribution in [-0.2, 0) is 0 Å². The van der Waals surface area contributed by atoms with E-state index in [0.717, 1.165) is 40.8 Å². The van der Waals surface area contributed by atoms with Gasteiger partial charge >= 0.3 is 6.18 Å². The molecular weight excluding hydrogens is 495 g/mol. The number of thiazole rings is 1. The second-order valence-corrected chi connectivity index (χ2v) is 10.7. The second kappa shape index (κ2) is 9.71. The molecule has 5 rings (SSSR count). The number of hydrogen-bond acceptors (Lipinski definition) is 8. The van der Waals surface area contributed by atoms with Crippen molar-refractivity contribution >= 4 is 44.7 Å². The van der Waals surface area contributed by atoms with Crippen molar-refractivity contribution < 1.29 is 18.3 Å². The number of benzene rings is 1. The van der Waals surface area contributed by atoms with Crippen molar-refractivity contribution in [2.75, 3.05) is 17.2 Å². The third-order valence-electron chi connectivity index (χ3n) is 6.17. The summed E-state index contributed by atoms with van der Waals surface area (Å²) in [5, 5.41) is 17.8. The van der Waals surface area contributed by atoms with Gasteiger partial charge in [0.15, 0.2) is 6.04 Å². The maximum Gasteiger partial charge on any atom is 0.413 e. The molecule has 3 atom stereocenters. The van der Waals surface area contributed by atoms with Crippen molar-refractivity contribution in [1.29, 1.82) is 0 Å². The van der Waals surface area contributed by atoms with Gasteiger partial charge in [0.25, 0.3) is 0 Å². The number of nitrogens with zero attached hydrogens (tertiary/aromatic N) is 3. The molecule has 4 aromatic rings. The molecule has 0 saturated heterocycles. The van der Waals surface area contributed by atoms with E-state index in [1.807, 2.05) is 24.3 Å². The van der Waals surface area contributed by atoms with Gasteiger partial charge in [0.05, 0.1) is 21.5 Å². The lowest BCUT2D eigenvalue weighted by Crippen LogP contribution is -2.28. The van der Waals surface area contributed by atoms with Crippen LogP contribution in [0.25, 0.3) is 20.8 Å². The summed E-state index contributed by atoms with van der Waals surface area (Å²) in [4.78, 5) is 13.8. The fourth-order valence-corrected chi connectivity index (χ4v) is 6.30. The van der Waals surface area contributed by atoms with Gasteiger partial charge in [0.2, 0.25) is 5.95 Å². The van der Waals surface area contributed by atoms with Crippen molar-refractivity contribution in [3.63, 3.8) is 0 Å². The molecule has 0 unspecified atom stereocenters. The van der Waals surface area contributed by atoms with Crippen LogP contribution >= 0.6 is 22.7 Å². The zero-order valence-electron chi connectivity index (χ0n) is 18.8. The molecule has 3 heterocycles. The van der Waals surface area contributed by atoms with Gasteiger partial charge in [0.1, 0.15) is 10.8 Å². The molecule has 1 aliphatic carbocycles. The Morgan fingerprint density at radius 1 is 1.11 bits per heavy atom. The third-order valence-corrected chi connectivity index (χ3v) is 8.16. The Hall–Kier alpha value is -2.76. The molecular formula is C24H24F3N5OS2. The molecule has 3 N–H and O–H groups in total. The number of aliphatic hydroxyl groups excluding tert-OH is 1. The SMILES string of the molecule is Cc1nc(N[C@@H](c2cccs2)C(F)(F)F)nc(N[C@H]2CC[C@@H](CO)C2)c1-c1nc2ccccc2s1. The van der Waals surface area contributed by atoms with Gasteiger partial charge in [-0.25, -0.2) is 9.97 Å². The summed E-state index contributed by atoms with van der Waals surface area (Å²) in [5.74, 6) is 0.560. The number of fused-ring (bicyclic) bond motifs is 1. The monoisotopic (exact) mass is 519 g/mol. The standard InChI is InChI=1S/C24H24F3N5OS2/c1-13-19(22-30-16-5-2-3-6-17(16)35-22)21(29-15-9-8-14(11-15)12-33)32-23(28-13)31-20(24(25,26)27)18-7-4-10-34-18/h2-7,10,14-15,20,33H,8-9,11-12H2,1H3,(H2,28,29,31,32)/t14-,15+,20+/m1/s1. The first-order valence-electron chi connectivity index (χ1n) is 11.3. The lowest BCUT2D eigenvalue weighted by Gasteiger charge is -2.22. The molecule has 0 amide bonds. The van der Waals surface area contributed by atoms with Gasteiger partial charge in [-0.3, -0.25) is 0 Å². The highest BCUT2D eigenvalue weighted by atomic mass is 32.1. The average Bonchev–Trinajstić information content (AvgIpc) is 3.57. The smallest absolute Gasteiger partial charge is 0.396 e. The lowest BCUT2D eigenvalue weighted by atomic mass is 10.1. The predicted octanol–water partition coefficient (Wildman–Crippen LogP) is 6.41. The number of hydrogen-bond donors (Lipinski definition) is 3. The second-order valence-electron chi connectivity index (χ2n) is 8.68. The van der Waals surface area contributed by atoms with Crippen LogP contribution in [-0.4, -0.2) is 38.9 Å². The summed E-state index contributed by atoms with van der Waals surface area (Å²) >= 11 is 2.52. The summed E-state index contributed by atoms with van der Waals surface area (Å²) in [7, 11) is 0. The Kier molecular flexibility index (Phi) is 6.65. The van der Waals surface area contributed by atoms with Gasteiger partial charge in [-0.1, -0.05) is 18.2 Å². The molecule has 0 bridgehead atoms. The molecule has 0 radical (unpaired) electrons. The maximum absolute atomic E-state index is 13.9. The third kappa shape index (κ3) is 5.12. The number of aryl methyl sites for hydroxylation is 1. The van der Waals surface area contributed by atoms with Crippen LogP contribution in [0.3, 0.4) is 0 Å². The largest absolute Gasteiger partial charge is 0.413 e. The van der Waals surface area contributed by atoms with Crippen molar-refractivity contribution in [2.24, 2.45) is 5.92 Å². The van der Waals surface area contributed by atoms with E-state index in [1.54, 1.807) is 18.4 Å². The number of alkyl halides is 3. The fraction of sp³-hybridized carbons (Fsp3) is 0.375. The van der Waals surface area contributed by atoms with Gasteiger partial charge in [0, 0.05) is 17.5 Å². The Balaban J connectivity index is 1.55. The first kappa shape index (κ1) is 24.0. The Labute approximate surface area is 208 Å². The summed E-state index contributed by atoms with van der Waals surface area (Å²) in [6, 6.07) is 8.94. The van der Waals surface area contributed by atoms with E-state index in [1.165, 1.54) is 17.4 Å². The van der Waals surface area contributed by atoms with E-state index >= 15 is 0 Å². The predicted molar refractivity (Wildman–Crippen MR) is 134 cm³/mol. The summed E-state index contributed by atoms with van der Waals surface area (Å²) in [6.07, 6.45) is -2.02. The molecule has 1 saturated carbocycles. The Morgan fingerprint density at radius 3 is 2.63 bits per heavy atom. The minimum absolute atomic E-state index is 0.0538. The molecule has 0 spiro atoms. The minimum Gasteiger partial charge on any atom is -0.396 e. The number of anilines is 2. The van der Waals surface area contributed by atoms with Crippen LogP contribution in [0.1, 0.15) is 35.9 Å². The first-order valence-corrected chi connectivity index (χ1v) is 13.0. The van der Waals surface area contributed by atoms with E-state index in [2.05, 4.69) is 20.6 Å². The average molecular weight is 520 g/mol. The molecule has 0 aliphatic heterocycles. The normalized spacial score (nSPS) is 19.2. The van der Waals surface area contributed by atoms with Crippen molar-refractivity contribution in [2.45, 2.75) is 44.4 Å². The van der Waals surface area contributed by atoms with Gasteiger partial charge < -0.3 is 15.7 Å². The number of aliphatic hydroxyl groups is 1. The quantitative estimate of drug-likeness (QED) is 0.262. The molecule has 6 nitrogen and oxygen atoms in total. The van der Waals surface area contributed by atoms with Crippen LogP contribution in [0.2, 0.25) is 0 Å².